The lowest BCUT2D eigenvalue weighted by atomic mass is 10.0. The van der Waals surface area contributed by atoms with Crippen molar-refractivity contribution in [2.45, 2.75) is 28.2 Å². The van der Waals surface area contributed by atoms with Gasteiger partial charge in [-0.15, -0.1) is 23.2 Å². The van der Waals surface area contributed by atoms with Gasteiger partial charge in [0.15, 0.2) is 5.82 Å². The van der Waals surface area contributed by atoms with E-state index in [9.17, 15) is 40.7 Å². The Bertz CT molecular complexity index is 1640. The van der Waals surface area contributed by atoms with Gasteiger partial charge < -0.3 is 16.0 Å². The molecule has 1 saturated carbocycles. The number of carbonyl (C=O) groups is 3. The van der Waals surface area contributed by atoms with Gasteiger partial charge in [-0.25, -0.2) is 13.2 Å². The number of anilines is 3. The number of nitrogens with one attached hydrogen (secondary N) is 3. The maximum Gasteiger partial charge on any atom is 0.419 e. The van der Waals surface area contributed by atoms with Gasteiger partial charge in [0.05, 0.1) is 32.6 Å². The van der Waals surface area contributed by atoms with Crippen molar-refractivity contribution in [2.24, 2.45) is 5.92 Å². The van der Waals surface area contributed by atoms with E-state index < -0.39 is 79.3 Å². The number of amides is 3. The predicted molar refractivity (Wildman–Crippen MR) is 153 cm³/mol. The average molecular weight is 732 g/mol. The number of rotatable bonds is 7. The maximum absolute atomic E-state index is 15.0. The summed E-state index contributed by atoms with van der Waals surface area (Å²) in [5, 5.41) is 6.60. The van der Waals surface area contributed by atoms with Crippen molar-refractivity contribution in [3.05, 3.63) is 87.7 Å². The van der Waals surface area contributed by atoms with Gasteiger partial charge in [-0.2, -0.15) is 13.2 Å². The molecule has 1 aliphatic rings. The molecule has 3 N–H and O–H groups in total. The van der Waals surface area contributed by atoms with Gasteiger partial charge in [-0.05, 0) is 55.0 Å². The van der Waals surface area contributed by atoms with Crippen LogP contribution in [-0.4, -0.2) is 26.9 Å². The molecular formula is C27H17BrCl3F6N3O3. The zero-order chi connectivity index (χ0) is 32.0. The van der Waals surface area contributed by atoms with Crippen LogP contribution in [0.5, 0.6) is 0 Å². The number of halogens is 10. The molecule has 0 heterocycles. The molecule has 43 heavy (non-hydrogen) atoms. The molecule has 3 aromatic rings. The average Bonchev–Trinajstić information content (AvgIpc) is 3.50. The van der Waals surface area contributed by atoms with Gasteiger partial charge >= 0.3 is 6.18 Å². The van der Waals surface area contributed by atoms with E-state index in [2.05, 4.69) is 31.9 Å². The molecule has 6 nitrogen and oxygen atoms in total. The standard InChI is InChI=1S/C27H17BrCl3F6N3O3/c1-10(28)23(41)40-22-17(33)6-7-18(21(22)34)39-24(42)13-9-12(3-4-15(13)29)38-25(43)20-19(26(20,30)31)11-2-5-16(32)14(8-11)27(35,36)37/h2-10,19-20H,1H3,(H,38,43)(H,39,42)(H,40,41)/t10?,19-,20+/m0/s1. The van der Waals surface area contributed by atoms with Crippen LogP contribution in [0.4, 0.5) is 43.4 Å². The maximum atomic E-state index is 15.0. The summed E-state index contributed by atoms with van der Waals surface area (Å²) in [6.45, 7) is 1.43. The molecule has 3 amide bonds. The summed E-state index contributed by atoms with van der Waals surface area (Å²) < 4.78 is 80.6. The molecule has 16 heteroatoms. The van der Waals surface area contributed by atoms with E-state index in [0.29, 0.717) is 12.1 Å². The van der Waals surface area contributed by atoms with E-state index >= 15 is 0 Å². The van der Waals surface area contributed by atoms with Gasteiger partial charge in [-0.1, -0.05) is 33.6 Å². The second-order valence-electron chi connectivity index (χ2n) is 9.39. The second kappa shape index (κ2) is 12.2. The van der Waals surface area contributed by atoms with Crippen molar-refractivity contribution in [3.8, 4) is 0 Å². The van der Waals surface area contributed by atoms with E-state index in [1.165, 1.54) is 19.1 Å². The third-order valence-electron chi connectivity index (χ3n) is 6.42. The summed E-state index contributed by atoms with van der Waals surface area (Å²) >= 11 is 21.5. The molecule has 0 radical (unpaired) electrons. The molecule has 0 aromatic heterocycles. The van der Waals surface area contributed by atoms with Gasteiger partial charge in [0.25, 0.3) is 5.91 Å². The lowest BCUT2D eigenvalue weighted by Crippen LogP contribution is -2.22. The summed E-state index contributed by atoms with van der Waals surface area (Å²) in [5.74, 6) is -8.79. The van der Waals surface area contributed by atoms with E-state index in [4.69, 9.17) is 34.8 Å². The first-order valence-electron chi connectivity index (χ1n) is 12.0. The highest BCUT2D eigenvalue weighted by Crippen LogP contribution is 2.65. The van der Waals surface area contributed by atoms with E-state index in [-0.39, 0.29) is 21.8 Å². The highest BCUT2D eigenvalue weighted by Gasteiger charge is 2.67. The van der Waals surface area contributed by atoms with E-state index in [1.54, 1.807) is 0 Å². The summed E-state index contributed by atoms with van der Waals surface area (Å²) in [5.41, 5.74) is -3.22. The van der Waals surface area contributed by atoms with Gasteiger partial charge in [-0.3, -0.25) is 14.4 Å². The molecule has 0 aliphatic heterocycles. The Kier molecular flexibility index (Phi) is 9.32. The smallest absolute Gasteiger partial charge is 0.326 e. The highest BCUT2D eigenvalue weighted by molar-refractivity contribution is 9.10. The van der Waals surface area contributed by atoms with Crippen LogP contribution in [0.25, 0.3) is 0 Å². The Morgan fingerprint density at radius 1 is 0.930 bits per heavy atom. The molecule has 1 fully saturated rings. The molecular weight excluding hydrogens is 715 g/mol. The Hall–Kier alpha value is -3.00. The van der Waals surface area contributed by atoms with Crippen LogP contribution in [0.2, 0.25) is 5.02 Å². The summed E-state index contributed by atoms with van der Waals surface area (Å²) in [7, 11) is 0. The highest BCUT2D eigenvalue weighted by atomic mass is 79.9. The third kappa shape index (κ3) is 6.89. The monoisotopic (exact) mass is 729 g/mol. The van der Waals surface area contributed by atoms with Gasteiger partial charge in [0.1, 0.15) is 21.7 Å². The number of alkyl halides is 6. The van der Waals surface area contributed by atoms with Crippen molar-refractivity contribution in [3.63, 3.8) is 0 Å². The summed E-state index contributed by atoms with van der Waals surface area (Å²) in [6, 6.07) is 7.55. The minimum Gasteiger partial charge on any atom is -0.326 e. The molecule has 0 saturated heterocycles. The van der Waals surface area contributed by atoms with Crippen LogP contribution in [0.3, 0.4) is 0 Å². The summed E-state index contributed by atoms with van der Waals surface area (Å²) in [6.07, 6.45) is -4.99. The number of benzene rings is 3. The van der Waals surface area contributed by atoms with Crippen LogP contribution >= 0.6 is 50.7 Å². The largest absolute Gasteiger partial charge is 0.419 e. The zero-order valence-corrected chi connectivity index (χ0v) is 25.2. The third-order valence-corrected chi connectivity index (χ3v) is 8.10. The topological polar surface area (TPSA) is 87.3 Å². The number of hydrogen-bond acceptors (Lipinski definition) is 3. The summed E-state index contributed by atoms with van der Waals surface area (Å²) in [4.78, 5) is 37.1. The number of carbonyl (C=O) groups excluding carboxylic acids is 3. The lowest BCUT2D eigenvalue weighted by molar-refractivity contribution is -0.140. The van der Waals surface area contributed by atoms with E-state index in [1.807, 2.05) is 0 Å². The van der Waals surface area contributed by atoms with Crippen LogP contribution in [-0.2, 0) is 15.8 Å². The zero-order valence-electron chi connectivity index (χ0n) is 21.4. The molecule has 0 spiro atoms. The Labute approximate surface area is 263 Å². The first-order chi connectivity index (χ1) is 19.9. The fourth-order valence-corrected chi connectivity index (χ4v) is 5.34. The predicted octanol–water partition coefficient (Wildman–Crippen LogP) is 8.28. The Morgan fingerprint density at radius 3 is 2.21 bits per heavy atom. The van der Waals surface area contributed by atoms with Crippen molar-refractivity contribution in [1.82, 2.24) is 0 Å². The quantitative estimate of drug-likeness (QED) is 0.169. The minimum absolute atomic E-state index is 0.0109. The molecule has 0 bridgehead atoms. The van der Waals surface area contributed by atoms with Crippen LogP contribution in [0.15, 0.2) is 48.5 Å². The normalized spacial score (nSPS) is 18.0. The van der Waals surface area contributed by atoms with Gasteiger partial charge in [0, 0.05) is 11.6 Å². The SMILES string of the molecule is CC(Br)C(=O)Nc1c(F)ccc(NC(=O)c2cc(NC(=O)[C@H]3[C@H](c4ccc(F)c(C(F)(F)F)c4)C3(Cl)Cl)ccc2Cl)c1F. The Morgan fingerprint density at radius 2 is 1.58 bits per heavy atom. The van der Waals surface area contributed by atoms with Crippen molar-refractivity contribution >= 4 is 85.5 Å². The fraction of sp³-hybridized carbons (Fsp3) is 0.222. The van der Waals surface area contributed by atoms with E-state index in [0.717, 1.165) is 24.3 Å². The molecule has 1 aliphatic carbocycles. The molecule has 4 rings (SSSR count). The first kappa shape index (κ1) is 32.9. The minimum atomic E-state index is -4.99. The van der Waals surface area contributed by atoms with Crippen LogP contribution in [0.1, 0.15) is 34.3 Å². The van der Waals surface area contributed by atoms with Crippen molar-refractivity contribution in [2.75, 3.05) is 16.0 Å². The second-order valence-corrected chi connectivity index (χ2v) is 12.6. The molecule has 3 atom stereocenters. The van der Waals surface area contributed by atoms with Crippen LogP contribution in [0, 0.1) is 23.4 Å². The Balaban J connectivity index is 1.53. The lowest BCUT2D eigenvalue weighted by Gasteiger charge is -2.14. The van der Waals surface area contributed by atoms with Gasteiger partial charge in [0.2, 0.25) is 11.8 Å². The first-order valence-corrected chi connectivity index (χ1v) is 14.1. The van der Waals surface area contributed by atoms with Crippen LogP contribution < -0.4 is 16.0 Å². The van der Waals surface area contributed by atoms with Crippen molar-refractivity contribution < 1.29 is 40.7 Å². The number of hydrogen-bond donors (Lipinski definition) is 3. The van der Waals surface area contributed by atoms with Crippen molar-refractivity contribution in [1.29, 1.82) is 0 Å². The molecule has 1 unspecified atom stereocenters. The molecule has 228 valence electrons. The fourth-order valence-electron chi connectivity index (χ4n) is 4.19. The molecule has 3 aromatic carbocycles.